The molecule has 14 heteroatoms. The molecular weight excluding hydrogens is 385 g/mol. The largest absolute Gasteiger partial charge is 0.507 e. The number of hydrogen-bond donors (Lipinski definition) is 2. The third kappa shape index (κ3) is 4.57. The van der Waals surface area contributed by atoms with Gasteiger partial charge in [0, 0.05) is 0 Å². The van der Waals surface area contributed by atoms with Gasteiger partial charge in [0.05, 0.1) is 0 Å². The van der Waals surface area contributed by atoms with Crippen LogP contribution in [0.15, 0.2) is 18.2 Å². The van der Waals surface area contributed by atoms with Crippen molar-refractivity contribution in [2.45, 2.75) is 18.0 Å². The van der Waals surface area contributed by atoms with Crippen LogP contribution in [0.25, 0.3) is 0 Å². The van der Waals surface area contributed by atoms with Gasteiger partial charge in [-0.3, -0.25) is 4.55 Å². The molecule has 2 radical (unpaired) electrons. The second kappa shape index (κ2) is 6.40. The Hall–Kier alpha value is -1.96. The number of ether oxygens (including phenoxy) is 1. The van der Waals surface area contributed by atoms with E-state index in [0.717, 1.165) is 6.07 Å². The number of rotatable bonds is 4. The molecule has 1 rings (SSSR count). The minimum Gasteiger partial charge on any atom is -0.507 e. The minimum atomic E-state index is -6.47. The average molecular weight is 392 g/mol. The molecule has 6 nitrogen and oxygen atoms in total. The molecule has 0 bridgehead atoms. The second-order valence-corrected chi connectivity index (χ2v) is 6.17. The Bertz CT molecular complexity index is 758. The fraction of sp³-hybridized carbons (Fsp3) is 0.364. The molecule has 0 atom stereocenters. The van der Waals surface area contributed by atoms with Crippen LogP contribution < -0.4 is 5.46 Å². The summed E-state index contributed by atoms with van der Waals surface area (Å²) in [5, 5.41) is 9.35. The number of carbonyl (C=O) groups is 1. The first-order valence-electron chi connectivity index (χ1n) is 5.90. The number of aromatic hydroxyl groups is 1. The van der Waals surface area contributed by atoms with Gasteiger partial charge in [-0.25, -0.2) is 4.79 Å². The van der Waals surface area contributed by atoms with Crippen LogP contribution in [0.4, 0.5) is 26.3 Å². The highest BCUT2D eigenvalue weighted by molar-refractivity contribution is 7.85. The highest BCUT2D eigenvalue weighted by Gasteiger charge is 2.76. The summed E-state index contributed by atoms with van der Waals surface area (Å²) in [4.78, 5) is 11.7. The van der Waals surface area contributed by atoms with Crippen molar-refractivity contribution in [3.63, 3.8) is 0 Å². The molecule has 1 aromatic rings. The summed E-state index contributed by atoms with van der Waals surface area (Å²) < 4.78 is 111. The molecule has 1 aromatic carbocycles. The van der Waals surface area contributed by atoms with E-state index in [9.17, 15) is 44.7 Å². The maximum Gasteiger partial charge on any atom is 0.438 e. The van der Waals surface area contributed by atoms with E-state index in [-0.39, 0.29) is 5.46 Å². The SMILES string of the molecule is [B]c1ccc(O)c(C(=O)OC(CS(=O)(=O)O)(C(F)(F)F)C(F)(F)F)c1. The van der Waals surface area contributed by atoms with Crippen LogP contribution in [0.3, 0.4) is 0 Å². The molecule has 0 aliphatic heterocycles. The molecule has 0 heterocycles. The highest BCUT2D eigenvalue weighted by atomic mass is 32.2. The van der Waals surface area contributed by atoms with Crippen molar-refractivity contribution in [1.29, 1.82) is 0 Å². The van der Waals surface area contributed by atoms with Crippen molar-refractivity contribution in [1.82, 2.24) is 0 Å². The van der Waals surface area contributed by atoms with E-state index in [1.807, 2.05) is 0 Å². The smallest absolute Gasteiger partial charge is 0.438 e. The Labute approximate surface area is 137 Å². The molecule has 2 N–H and O–H groups in total. The van der Waals surface area contributed by atoms with Crippen molar-refractivity contribution < 1.29 is 54.0 Å². The number of alkyl halides is 6. The molecule has 0 amide bonds. The van der Waals surface area contributed by atoms with Crippen molar-refractivity contribution in [2.24, 2.45) is 0 Å². The van der Waals surface area contributed by atoms with Gasteiger partial charge >= 0.3 is 23.9 Å². The molecule has 0 aliphatic carbocycles. The van der Waals surface area contributed by atoms with Crippen molar-refractivity contribution >= 4 is 29.4 Å². The molecule has 0 fully saturated rings. The van der Waals surface area contributed by atoms with Gasteiger partial charge in [0.15, 0.2) is 0 Å². The van der Waals surface area contributed by atoms with Crippen LogP contribution in [-0.2, 0) is 14.9 Å². The third-order valence-corrected chi connectivity index (χ3v) is 3.58. The predicted molar refractivity (Wildman–Crippen MR) is 70.2 cm³/mol. The van der Waals surface area contributed by atoms with Gasteiger partial charge in [0.1, 0.15) is 24.9 Å². The number of phenols is 1. The Morgan fingerprint density at radius 2 is 1.60 bits per heavy atom. The first-order chi connectivity index (χ1) is 11.0. The molecule has 0 spiro atoms. The number of benzene rings is 1. The Morgan fingerprint density at radius 3 is 2.00 bits per heavy atom. The molecule has 0 saturated carbocycles. The Balaban J connectivity index is 3.53. The number of hydrogen-bond acceptors (Lipinski definition) is 5. The summed E-state index contributed by atoms with van der Waals surface area (Å²) in [7, 11) is -0.695. The predicted octanol–water partition coefficient (Wildman–Crippen LogP) is 1.09. The highest BCUT2D eigenvalue weighted by Crippen LogP contribution is 2.47. The lowest BCUT2D eigenvalue weighted by Gasteiger charge is -2.35. The monoisotopic (exact) mass is 392 g/mol. The second-order valence-electron chi connectivity index (χ2n) is 4.71. The van der Waals surface area contributed by atoms with E-state index in [4.69, 9.17) is 12.4 Å². The summed E-state index contributed by atoms with van der Waals surface area (Å²) in [5.41, 5.74) is -7.06. The van der Waals surface area contributed by atoms with Crippen LogP contribution >= 0.6 is 0 Å². The molecule has 25 heavy (non-hydrogen) atoms. The first-order valence-corrected chi connectivity index (χ1v) is 7.51. The van der Waals surface area contributed by atoms with E-state index < -0.39 is 51.1 Å². The van der Waals surface area contributed by atoms with Crippen molar-refractivity contribution in [3.8, 4) is 5.75 Å². The molecular formula is C11H7BF6O6S. The number of halogens is 6. The topological polar surface area (TPSA) is 101 Å². The maximum atomic E-state index is 13.0. The van der Waals surface area contributed by atoms with Crippen LogP contribution in [-0.4, -0.2) is 55.6 Å². The van der Waals surface area contributed by atoms with Gasteiger partial charge in [-0.1, -0.05) is 17.6 Å². The van der Waals surface area contributed by atoms with Gasteiger partial charge in [0.2, 0.25) is 0 Å². The van der Waals surface area contributed by atoms with Gasteiger partial charge in [-0.15, -0.1) is 0 Å². The quantitative estimate of drug-likeness (QED) is 0.345. The summed E-state index contributed by atoms with van der Waals surface area (Å²) in [6.07, 6.45) is -12.9. The average Bonchev–Trinajstić information content (AvgIpc) is 2.36. The van der Waals surface area contributed by atoms with Gasteiger partial charge < -0.3 is 9.84 Å². The number of carbonyl (C=O) groups excluding carboxylic acids is 1. The summed E-state index contributed by atoms with van der Waals surface area (Å²) in [6.45, 7) is 0. The lowest BCUT2D eigenvalue weighted by Crippen LogP contribution is -2.63. The Morgan fingerprint density at radius 1 is 1.12 bits per heavy atom. The van der Waals surface area contributed by atoms with Crippen LogP contribution in [0, 0.1) is 0 Å². The molecule has 0 unspecified atom stereocenters. The first kappa shape index (κ1) is 21.1. The fourth-order valence-corrected chi connectivity index (χ4v) is 2.56. The van der Waals surface area contributed by atoms with Crippen molar-refractivity contribution in [3.05, 3.63) is 23.8 Å². The van der Waals surface area contributed by atoms with Gasteiger partial charge in [-0.05, 0) is 6.07 Å². The molecule has 0 saturated heterocycles. The molecule has 0 aromatic heterocycles. The zero-order valence-electron chi connectivity index (χ0n) is 11.7. The minimum absolute atomic E-state index is 0.316. The zero-order valence-corrected chi connectivity index (χ0v) is 12.5. The Kier molecular flexibility index (Phi) is 5.40. The van der Waals surface area contributed by atoms with Gasteiger partial charge in [-0.2, -0.15) is 34.8 Å². The molecule has 0 aliphatic rings. The summed E-state index contributed by atoms with van der Waals surface area (Å²) >= 11 is 0. The summed E-state index contributed by atoms with van der Waals surface area (Å²) in [5.74, 6) is -6.45. The molecule has 138 valence electrons. The lowest BCUT2D eigenvalue weighted by atomic mass is 9.94. The van der Waals surface area contributed by atoms with E-state index in [1.165, 1.54) is 0 Å². The van der Waals surface area contributed by atoms with E-state index in [1.54, 1.807) is 0 Å². The number of esters is 1. The normalized spacial score (nSPS) is 13.6. The van der Waals surface area contributed by atoms with Crippen molar-refractivity contribution in [2.75, 3.05) is 5.75 Å². The summed E-state index contributed by atoms with van der Waals surface area (Å²) in [6, 6.07) is 2.19. The number of phenolic OH excluding ortho intramolecular Hbond substituents is 1. The van der Waals surface area contributed by atoms with E-state index >= 15 is 0 Å². The lowest BCUT2D eigenvalue weighted by molar-refractivity contribution is -0.356. The third-order valence-electron chi connectivity index (χ3n) is 2.81. The van der Waals surface area contributed by atoms with E-state index in [2.05, 4.69) is 4.74 Å². The van der Waals surface area contributed by atoms with E-state index in [0.29, 0.717) is 12.1 Å². The fourth-order valence-electron chi connectivity index (χ4n) is 1.66. The standard InChI is InChI=1S/C11H7BF6O6S/c12-5-1-2-7(19)6(3-5)8(20)24-9(10(13,14)15,11(16,17)18)4-25(21,22)23/h1-3,19H,4H2,(H,21,22,23). The zero-order chi connectivity index (χ0) is 19.8. The van der Waals surface area contributed by atoms with Gasteiger partial charge in [0.25, 0.3) is 10.1 Å². The van der Waals surface area contributed by atoms with Crippen LogP contribution in [0.1, 0.15) is 10.4 Å². The maximum absolute atomic E-state index is 13.0. The van der Waals surface area contributed by atoms with Crippen LogP contribution in [0.2, 0.25) is 0 Å². The van der Waals surface area contributed by atoms with Crippen LogP contribution in [0.5, 0.6) is 5.75 Å².